The van der Waals surface area contributed by atoms with Crippen LogP contribution in [0.1, 0.15) is 21.1 Å². The summed E-state index contributed by atoms with van der Waals surface area (Å²) in [5.74, 6) is 0.874. The van der Waals surface area contributed by atoms with Gasteiger partial charge in [-0.1, -0.05) is 59.2 Å². The molecular formula is C25H18Cl2N6OS2. The molecule has 180 valence electrons. The van der Waals surface area contributed by atoms with Gasteiger partial charge in [0, 0.05) is 29.9 Å². The summed E-state index contributed by atoms with van der Waals surface area (Å²) < 4.78 is 1.89. The topological polar surface area (TPSA) is 85.6 Å². The van der Waals surface area contributed by atoms with E-state index >= 15 is 0 Å². The molecule has 0 aliphatic heterocycles. The zero-order valence-corrected chi connectivity index (χ0v) is 21.8. The van der Waals surface area contributed by atoms with Gasteiger partial charge in [0.15, 0.2) is 11.0 Å². The van der Waals surface area contributed by atoms with Crippen molar-refractivity contribution >= 4 is 52.2 Å². The molecule has 0 aliphatic rings. The summed E-state index contributed by atoms with van der Waals surface area (Å²) >= 11 is 15.9. The van der Waals surface area contributed by atoms with Gasteiger partial charge < -0.3 is 5.32 Å². The Morgan fingerprint density at radius 2 is 1.72 bits per heavy atom. The van der Waals surface area contributed by atoms with Crippen LogP contribution < -0.4 is 5.32 Å². The Morgan fingerprint density at radius 1 is 0.972 bits per heavy atom. The lowest BCUT2D eigenvalue weighted by molar-refractivity contribution is 0.0946. The van der Waals surface area contributed by atoms with Crippen molar-refractivity contribution in [3.63, 3.8) is 0 Å². The van der Waals surface area contributed by atoms with E-state index in [1.807, 2.05) is 65.2 Å². The predicted molar refractivity (Wildman–Crippen MR) is 144 cm³/mol. The maximum absolute atomic E-state index is 12.5. The fraction of sp³-hybridized carbons (Fsp3) is 0.0800. The minimum atomic E-state index is -0.223. The number of thiazole rings is 1. The number of aromatic nitrogens is 5. The highest BCUT2D eigenvalue weighted by molar-refractivity contribution is 7.98. The first-order valence-corrected chi connectivity index (χ1v) is 13.4. The zero-order valence-electron chi connectivity index (χ0n) is 18.6. The molecule has 5 rings (SSSR count). The van der Waals surface area contributed by atoms with Gasteiger partial charge in [-0.2, -0.15) is 0 Å². The molecule has 1 N–H and O–H groups in total. The molecule has 0 atom stereocenters. The van der Waals surface area contributed by atoms with E-state index in [-0.39, 0.29) is 5.91 Å². The molecule has 0 aliphatic carbocycles. The van der Waals surface area contributed by atoms with E-state index in [0.717, 1.165) is 21.8 Å². The van der Waals surface area contributed by atoms with Gasteiger partial charge in [0.1, 0.15) is 10.7 Å². The van der Waals surface area contributed by atoms with Crippen molar-refractivity contribution < 1.29 is 4.79 Å². The van der Waals surface area contributed by atoms with Crippen LogP contribution in [0.5, 0.6) is 0 Å². The van der Waals surface area contributed by atoms with Crippen LogP contribution in [0.4, 0.5) is 0 Å². The number of hydrogen-bond donors (Lipinski definition) is 1. The number of nitrogens with one attached hydrogen (secondary N) is 1. The number of pyridine rings is 1. The lowest BCUT2D eigenvalue weighted by Gasteiger charge is -2.12. The molecule has 0 fully saturated rings. The minimum absolute atomic E-state index is 0.223. The molecule has 3 aromatic heterocycles. The van der Waals surface area contributed by atoms with E-state index in [1.54, 1.807) is 17.8 Å². The maximum atomic E-state index is 12.5. The monoisotopic (exact) mass is 552 g/mol. The van der Waals surface area contributed by atoms with Crippen LogP contribution >= 0.6 is 46.3 Å². The molecule has 0 unspecified atom stereocenters. The summed E-state index contributed by atoms with van der Waals surface area (Å²) in [6.45, 7) is 0.411. The molecule has 36 heavy (non-hydrogen) atoms. The highest BCUT2D eigenvalue weighted by atomic mass is 35.5. The number of halogens is 2. The van der Waals surface area contributed by atoms with Crippen LogP contribution in [-0.4, -0.2) is 30.6 Å². The number of thioether (sulfide) groups is 1. The number of rotatable bonds is 8. The minimum Gasteiger partial charge on any atom is -0.347 e. The Bertz CT molecular complexity index is 1510. The second kappa shape index (κ2) is 11.2. The van der Waals surface area contributed by atoms with Gasteiger partial charge in [-0.05, 0) is 42.0 Å². The summed E-state index contributed by atoms with van der Waals surface area (Å²) in [7, 11) is 0. The second-order valence-corrected chi connectivity index (χ2v) is 10.2. The highest BCUT2D eigenvalue weighted by Gasteiger charge is 2.20. The van der Waals surface area contributed by atoms with Crippen molar-refractivity contribution in [1.82, 2.24) is 30.0 Å². The van der Waals surface area contributed by atoms with Gasteiger partial charge in [-0.25, -0.2) is 4.98 Å². The third-order valence-corrected chi connectivity index (χ3v) is 7.77. The molecule has 0 saturated carbocycles. The average Bonchev–Trinajstić information content (AvgIpc) is 3.55. The van der Waals surface area contributed by atoms with Gasteiger partial charge >= 0.3 is 0 Å². The predicted octanol–water partition coefficient (Wildman–Crippen LogP) is 6.31. The number of carbonyl (C=O) groups excluding carboxylic acids is 1. The van der Waals surface area contributed by atoms with Crippen molar-refractivity contribution in [2.45, 2.75) is 17.5 Å². The summed E-state index contributed by atoms with van der Waals surface area (Å²) in [6.07, 6.45) is 3.39. The third kappa shape index (κ3) is 5.44. The standard InChI is InChI=1S/C25H18Cl2N6OS2/c26-18-6-2-1-5-17(18)23-31-32-25(33(23)21-8-4-3-7-19(21)27)36-15-22-30-20(14-35-22)24(34)29-13-16-9-11-28-12-10-16/h1-12,14H,13,15H2,(H,29,34). The second-order valence-electron chi connectivity index (χ2n) is 7.53. The van der Waals surface area contributed by atoms with Crippen LogP contribution in [0.2, 0.25) is 10.0 Å². The van der Waals surface area contributed by atoms with E-state index < -0.39 is 0 Å². The van der Waals surface area contributed by atoms with Crippen LogP contribution in [0, 0.1) is 0 Å². The molecule has 0 saturated heterocycles. The third-order valence-electron chi connectivity index (χ3n) is 5.15. The number of carbonyl (C=O) groups is 1. The molecule has 0 bridgehead atoms. The molecule has 1 amide bonds. The molecule has 2 aromatic carbocycles. The van der Waals surface area contributed by atoms with Gasteiger partial charge in [0.25, 0.3) is 5.91 Å². The summed E-state index contributed by atoms with van der Waals surface area (Å²) in [5, 5.41) is 16.0. The van der Waals surface area contributed by atoms with Crippen LogP contribution in [0.3, 0.4) is 0 Å². The van der Waals surface area contributed by atoms with Crippen molar-refractivity contribution in [3.05, 3.63) is 105 Å². The highest BCUT2D eigenvalue weighted by Crippen LogP contribution is 2.35. The Hall–Kier alpha value is -3.24. The summed E-state index contributed by atoms with van der Waals surface area (Å²) in [5.41, 5.74) is 2.85. The molecule has 3 heterocycles. The molecular weight excluding hydrogens is 535 g/mol. The summed E-state index contributed by atoms with van der Waals surface area (Å²) in [4.78, 5) is 21.0. The van der Waals surface area contributed by atoms with E-state index in [0.29, 0.717) is 39.0 Å². The number of para-hydroxylation sites is 1. The molecule has 5 aromatic rings. The lowest BCUT2D eigenvalue weighted by Crippen LogP contribution is -2.23. The van der Waals surface area contributed by atoms with Gasteiger partial charge in [-0.3, -0.25) is 14.3 Å². The Labute approximate surface area is 225 Å². The Morgan fingerprint density at radius 3 is 2.50 bits per heavy atom. The van der Waals surface area contributed by atoms with Crippen molar-refractivity contribution in [1.29, 1.82) is 0 Å². The Kier molecular flexibility index (Phi) is 7.62. The van der Waals surface area contributed by atoms with E-state index in [9.17, 15) is 4.79 Å². The molecule has 0 spiro atoms. The first kappa shape index (κ1) is 24.5. The quantitative estimate of drug-likeness (QED) is 0.227. The fourth-order valence-electron chi connectivity index (χ4n) is 3.41. The SMILES string of the molecule is O=C(NCc1ccncc1)c1csc(CSc2nnc(-c3ccccc3Cl)n2-c2ccccc2Cl)n1. The van der Waals surface area contributed by atoms with Crippen LogP contribution in [-0.2, 0) is 12.3 Å². The lowest BCUT2D eigenvalue weighted by atomic mass is 10.2. The maximum Gasteiger partial charge on any atom is 0.271 e. The van der Waals surface area contributed by atoms with E-state index in [2.05, 4.69) is 25.5 Å². The number of amides is 1. The van der Waals surface area contributed by atoms with Gasteiger partial charge in [0.05, 0.1) is 21.5 Å². The summed E-state index contributed by atoms with van der Waals surface area (Å²) in [6, 6.07) is 18.7. The molecule has 7 nitrogen and oxygen atoms in total. The first-order chi connectivity index (χ1) is 17.6. The van der Waals surface area contributed by atoms with Gasteiger partial charge in [0.2, 0.25) is 0 Å². The first-order valence-electron chi connectivity index (χ1n) is 10.8. The van der Waals surface area contributed by atoms with Crippen molar-refractivity contribution in [2.75, 3.05) is 0 Å². The van der Waals surface area contributed by atoms with E-state index in [4.69, 9.17) is 23.2 Å². The molecule has 0 radical (unpaired) electrons. The molecule has 11 heteroatoms. The largest absolute Gasteiger partial charge is 0.347 e. The normalized spacial score (nSPS) is 10.9. The fourth-order valence-corrected chi connectivity index (χ4v) is 5.59. The zero-order chi connectivity index (χ0) is 24.9. The smallest absolute Gasteiger partial charge is 0.271 e. The number of nitrogens with zero attached hydrogens (tertiary/aromatic N) is 5. The van der Waals surface area contributed by atoms with Crippen molar-refractivity contribution in [2.24, 2.45) is 0 Å². The van der Waals surface area contributed by atoms with Crippen LogP contribution in [0.25, 0.3) is 17.1 Å². The number of benzene rings is 2. The van der Waals surface area contributed by atoms with Crippen molar-refractivity contribution in [3.8, 4) is 17.1 Å². The van der Waals surface area contributed by atoms with Crippen LogP contribution in [0.15, 0.2) is 83.6 Å². The van der Waals surface area contributed by atoms with Gasteiger partial charge in [-0.15, -0.1) is 21.5 Å². The van der Waals surface area contributed by atoms with E-state index in [1.165, 1.54) is 23.1 Å². The average molecular weight is 554 g/mol. The number of hydrogen-bond acceptors (Lipinski definition) is 7. The Balaban J connectivity index is 1.35.